The molecule has 0 amide bonds. The van der Waals surface area contributed by atoms with Crippen LogP contribution in [0.3, 0.4) is 0 Å². The number of terminal acetylenes is 1. The number of aromatic nitrogens is 4. The normalized spacial score (nSPS) is 12.1. The summed E-state index contributed by atoms with van der Waals surface area (Å²) in [5.74, 6) is 3.26. The van der Waals surface area contributed by atoms with Crippen LogP contribution < -0.4 is 4.74 Å². The molecule has 0 saturated heterocycles. The van der Waals surface area contributed by atoms with E-state index in [1.807, 2.05) is 18.2 Å². The lowest BCUT2D eigenvalue weighted by atomic mass is 10.1. The Morgan fingerprint density at radius 3 is 3.11 bits per heavy atom. The van der Waals surface area contributed by atoms with Crippen LogP contribution in [0.5, 0.6) is 5.75 Å². The Bertz CT molecular complexity index is 1130. The number of fused-ring (bicyclic) bond motifs is 1. The maximum absolute atomic E-state index is 6.14. The molecule has 0 fully saturated rings. The standard InChI is InChI=1S/C19H13N5O3S/c1-2-7-26-23-10-13-5-6-20-16(8-13)18(19-24-22-11-25-19)27-14-3-4-15-17(9-14)28-12-21-15/h1,3-6,8-12,18H,7H2/b23-10+. The molecule has 0 spiro atoms. The minimum absolute atomic E-state index is 0.0994. The van der Waals surface area contributed by atoms with Gasteiger partial charge in [-0.3, -0.25) is 4.98 Å². The van der Waals surface area contributed by atoms with E-state index in [1.54, 1.807) is 23.8 Å². The second-order valence-corrected chi connectivity index (χ2v) is 6.37. The van der Waals surface area contributed by atoms with Crippen molar-refractivity contribution in [3.8, 4) is 18.1 Å². The molecule has 0 bridgehead atoms. The maximum atomic E-state index is 6.14. The van der Waals surface area contributed by atoms with E-state index in [4.69, 9.17) is 20.4 Å². The van der Waals surface area contributed by atoms with E-state index in [0.717, 1.165) is 15.8 Å². The van der Waals surface area contributed by atoms with E-state index in [2.05, 4.69) is 31.2 Å². The second kappa shape index (κ2) is 8.28. The average Bonchev–Trinajstić information content (AvgIpc) is 3.41. The largest absolute Gasteiger partial charge is 0.474 e. The van der Waals surface area contributed by atoms with Crippen molar-refractivity contribution in [2.24, 2.45) is 5.16 Å². The molecule has 1 aromatic carbocycles. The summed E-state index contributed by atoms with van der Waals surface area (Å²) in [6.45, 7) is 0.0994. The number of nitrogens with zero attached hydrogens (tertiary/aromatic N) is 5. The zero-order valence-electron chi connectivity index (χ0n) is 14.4. The first-order valence-electron chi connectivity index (χ1n) is 8.14. The topological polar surface area (TPSA) is 95.5 Å². The van der Waals surface area contributed by atoms with Gasteiger partial charge < -0.3 is 14.0 Å². The van der Waals surface area contributed by atoms with Crippen LogP contribution in [0.2, 0.25) is 0 Å². The summed E-state index contributed by atoms with van der Waals surface area (Å²) in [4.78, 5) is 13.6. The van der Waals surface area contributed by atoms with Gasteiger partial charge in [-0.05, 0) is 35.9 Å². The van der Waals surface area contributed by atoms with Gasteiger partial charge in [-0.15, -0.1) is 28.0 Å². The molecule has 4 rings (SSSR count). The van der Waals surface area contributed by atoms with Crippen molar-refractivity contribution < 1.29 is 14.0 Å². The molecule has 9 heteroatoms. The second-order valence-electron chi connectivity index (χ2n) is 5.48. The molecule has 138 valence electrons. The van der Waals surface area contributed by atoms with Crippen LogP contribution in [0.15, 0.2) is 58.0 Å². The van der Waals surface area contributed by atoms with Crippen molar-refractivity contribution >= 4 is 27.8 Å². The lowest BCUT2D eigenvalue weighted by molar-refractivity contribution is 0.181. The number of rotatable bonds is 7. The van der Waals surface area contributed by atoms with Gasteiger partial charge in [0.1, 0.15) is 5.75 Å². The zero-order valence-corrected chi connectivity index (χ0v) is 15.2. The molecule has 1 atom stereocenters. The van der Waals surface area contributed by atoms with Crippen LogP contribution in [0.1, 0.15) is 23.3 Å². The first-order chi connectivity index (χ1) is 13.8. The van der Waals surface area contributed by atoms with Gasteiger partial charge in [0.2, 0.25) is 12.5 Å². The average molecular weight is 391 g/mol. The van der Waals surface area contributed by atoms with Crippen molar-refractivity contribution in [2.75, 3.05) is 6.61 Å². The molecule has 0 aliphatic heterocycles. The third-order valence-electron chi connectivity index (χ3n) is 3.66. The highest BCUT2D eigenvalue weighted by Gasteiger charge is 2.23. The monoisotopic (exact) mass is 391 g/mol. The van der Waals surface area contributed by atoms with Crippen LogP contribution in [0.4, 0.5) is 0 Å². The SMILES string of the molecule is C#CCO/N=C/c1ccnc(C(Oc2ccc3ncsc3c2)c2nnco2)c1. The molecule has 3 heterocycles. The molecule has 28 heavy (non-hydrogen) atoms. The van der Waals surface area contributed by atoms with Gasteiger partial charge >= 0.3 is 0 Å². The van der Waals surface area contributed by atoms with E-state index < -0.39 is 6.10 Å². The first-order valence-corrected chi connectivity index (χ1v) is 9.02. The van der Waals surface area contributed by atoms with Crippen LogP contribution in [0, 0.1) is 12.3 Å². The molecular formula is C19H13N5O3S. The molecule has 0 saturated carbocycles. The van der Waals surface area contributed by atoms with Gasteiger partial charge in [0, 0.05) is 6.20 Å². The van der Waals surface area contributed by atoms with Gasteiger partial charge in [0.05, 0.1) is 27.6 Å². The predicted molar refractivity (Wildman–Crippen MR) is 103 cm³/mol. The van der Waals surface area contributed by atoms with E-state index >= 15 is 0 Å². The third-order valence-corrected chi connectivity index (χ3v) is 4.45. The summed E-state index contributed by atoms with van der Waals surface area (Å²) in [6, 6.07) is 9.22. The van der Waals surface area contributed by atoms with Gasteiger partial charge in [0.15, 0.2) is 6.61 Å². The minimum atomic E-state index is -0.687. The van der Waals surface area contributed by atoms with Crippen molar-refractivity contribution in [3.63, 3.8) is 0 Å². The fourth-order valence-corrected chi connectivity index (χ4v) is 3.15. The van der Waals surface area contributed by atoms with Gasteiger partial charge in [-0.25, -0.2) is 4.98 Å². The number of pyridine rings is 1. The molecule has 1 unspecified atom stereocenters. The summed E-state index contributed by atoms with van der Waals surface area (Å²) in [6.07, 6.45) is 8.86. The number of thiazole rings is 1. The van der Waals surface area contributed by atoms with Crippen molar-refractivity contribution in [1.29, 1.82) is 0 Å². The Labute approximate surface area is 163 Å². The Kier molecular flexibility index (Phi) is 5.22. The summed E-state index contributed by atoms with van der Waals surface area (Å²) >= 11 is 1.53. The Balaban J connectivity index is 1.63. The van der Waals surface area contributed by atoms with E-state index in [0.29, 0.717) is 11.4 Å². The molecular weight excluding hydrogens is 378 g/mol. The number of benzene rings is 1. The van der Waals surface area contributed by atoms with Crippen LogP contribution in [-0.2, 0) is 4.84 Å². The number of ether oxygens (including phenoxy) is 1. The zero-order chi connectivity index (χ0) is 19.2. The number of hydrogen-bond acceptors (Lipinski definition) is 9. The Hall–Kier alpha value is -3.77. The molecule has 0 N–H and O–H groups in total. The molecule has 0 aliphatic rings. The molecule has 0 radical (unpaired) electrons. The van der Waals surface area contributed by atoms with Gasteiger partial charge in [-0.1, -0.05) is 11.1 Å². The lowest BCUT2D eigenvalue weighted by Gasteiger charge is -2.15. The highest BCUT2D eigenvalue weighted by molar-refractivity contribution is 7.16. The van der Waals surface area contributed by atoms with E-state index in [-0.39, 0.29) is 12.5 Å². The van der Waals surface area contributed by atoms with Gasteiger partial charge in [0.25, 0.3) is 5.89 Å². The molecule has 3 aromatic heterocycles. The predicted octanol–water partition coefficient (Wildman–Crippen LogP) is 3.23. The molecule has 8 nitrogen and oxygen atoms in total. The van der Waals surface area contributed by atoms with Crippen molar-refractivity contribution in [2.45, 2.75) is 6.10 Å². The fourth-order valence-electron chi connectivity index (χ4n) is 2.44. The number of oxime groups is 1. The first kappa shape index (κ1) is 17.6. The number of hydrogen-bond donors (Lipinski definition) is 0. The summed E-state index contributed by atoms with van der Waals surface area (Å²) < 4.78 is 12.5. The highest BCUT2D eigenvalue weighted by atomic mass is 32.1. The smallest absolute Gasteiger partial charge is 0.263 e. The Morgan fingerprint density at radius 2 is 2.25 bits per heavy atom. The maximum Gasteiger partial charge on any atom is 0.263 e. The van der Waals surface area contributed by atoms with Gasteiger partial charge in [-0.2, -0.15) is 0 Å². The summed E-state index contributed by atoms with van der Waals surface area (Å²) in [5.41, 5.74) is 4.04. The summed E-state index contributed by atoms with van der Waals surface area (Å²) in [5, 5.41) is 11.5. The Morgan fingerprint density at radius 1 is 1.29 bits per heavy atom. The van der Waals surface area contributed by atoms with Crippen LogP contribution in [-0.4, -0.2) is 33.0 Å². The molecule has 0 aliphatic carbocycles. The lowest BCUT2D eigenvalue weighted by Crippen LogP contribution is -2.12. The van der Waals surface area contributed by atoms with Crippen molar-refractivity contribution in [3.05, 3.63) is 65.6 Å². The quantitative estimate of drug-likeness (QED) is 0.207. The summed E-state index contributed by atoms with van der Waals surface area (Å²) in [7, 11) is 0. The third kappa shape index (κ3) is 3.97. The fraction of sp³-hybridized carbons (Fsp3) is 0.105. The van der Waals surface area contributed by atoms with Crippen LogP contribution >= 0.6 is 11.3 Å². The van der Waals surface area contributed by atoms with Crippen LogP contribution in [0.25, 0.3) is 10.2 Å². The van der Waals surface area contributed by atoms with E-state index in [1.165, 1.54) is 23.9 Å². The molecule has 4 aromatic rings. The minimum Gasteiger partial charge on any atom is -0.474 e. The van der Waals surface area contributed by atoms with E-state index in [9.17, 15) is 0 Å². The highest BCUT2D eigenvalue weighted by Crippen LogP contribution is 2.29. The van der Waals surface area contributed by atoms with Crippen molar-refractivity contribution in [1.82, 2.24) is 20.2 Å².